The van der Waals surface area contributed by atoms with Crippen molar-refractivity contribution in [1.29, 1.82) is 0 Å². The second kappa shape index (κ2) is 5.04. The summed E-state index contributed by atoms with van der Waals surface area (Å²) in [6, 6.07) is 16.5. The zero-order valence-electron chi connectivity index (χ0n) is 11.6. The van der Waals surface area contributed by atoms with Gasteiger partial charge in [-0.1, -0.05) is 48.2 Å². The van der Waals surface area contributed by atoms with Crippen LogP contribution in [0.4, 0.5) is 0 Å². The molecule has 0 bridgehead atoms. The van der Waals surface area contributed by atoms with Crippen LogP contribution in [0.25, 0.3) is 29.9 Å². The number of terminal acetylenes is 2. The summed E-state index contributed by atoms with van der Waals surface area (Å²) in [5.74, 6) is 5.72. The van der Waals surface area contributed by atoms with Gasteiger partial charge >= 0.3 is 0 Å². The van der Waals surface area contributed by atoms with Gasteiger partial charge in [-0.3, -0.25) is 0 Å². The van der Waals surface area contributed by atoms with Gasteiger partial charge in [0.15, 0.2) is 0 Å². The first-order chi connectivity index (χ1) is 10.8. The van der Waals surface area contributed by atoms with E-state index in [-0.39, 0.29) is 0 Å². The second-order valence-corrected chi connectivity index (χ2v) is 7.00. The van der Waals surface area contributed by atoms with Crippen molar-refractivity contribution in [2.75, 3.05) is 0 Å². The third kappa shape index (κ3) is 1.79. The predicted molar refractivity (Wildman–Crippen MR) is 98.5 cm³/mol. The van der Waals surface area contributed by atoms with E-state index in [1.807, 2.05) is 24.3 Å². The van der Waals surface area contributed by atoms with Crippen molar-refractivity contribution in [2.45, 2.75) is 0 Å². The number of thiophene rings is 2. The summed E-state index contributed by atoms with van der Waals surface area (Å²) in [5, 5.41) is 2.26. The number of benzene rings is 2. The highest BCUT2D eigenvalue weighted by molar-refractivity contribution is 7.29. The molecule has 4 rings (SSSR count). The Hall–Kier alpha value is -2.52. The summed E-state index contributed by atoms with van der Waals surface area (Å²) in [6.07, 6.45) is 11.6. The maximum Gasteiger partial charge on any atom is 0.0624 e. The van der Waals surface area contributed by atoms with Gasteiger partial charge in [-0.25, -0.2) is 0 Å². The lowest BCUT2D eigenvalue weighted by Gasteiger charge is -1.97. The minimum Gasteiger partial charge on any atom is -0.133 e. The molecular formula is C20H10S2. The molecule has 0 radical (unpaired) electrons. The summed E-state index contributed by atoms with van der Waals surface area (Å²) in [5.41, 5.74) is 1.90. The molecule has 0 saturated carbocycles. The Balaban J connectivity index is 2.12. The zero-order valence-corrected chi connectivity index (χ0v) is 13.2. The highest BCUT2D eigenvalue weighted by Crippen LogP contribution is 2.45. The molecule has 0 nitrogen and oxygen atoms in total. The molecule has 0 N–H and O–H groups in total. The number of hydrogen-bond donors (Lipinski definition) is 0. The highest BCUT2D eigenvalue weighted by atomic mass is 32.1. The van der Waals surface area contributed by atoms with Crippen LogP contribution in [-0.4, -0.2) is 0 Å². The molecule has 2 heteroatoms. The van der Waals surface area contributed by atoms with E-state index in [0.29, 0.717) is 0 Å². The SMILES string of the molecule is C#Cc1c(-c2sc3ccccc3c2C#C)sc2ccccc12. The van der Waals surface area contributed by atoms with Crippen molar-refractivity contribution in [3.05, 3.63) is 59.7 Å². The quantitative estimate of drug-likeness (QED) is 0.393. The molecule has 0 aliphatic carbocycles. The van der Waals surface area contributed by atoms with Crippen molar-refractivity contribution in [1.82, 2.24) is 0 Å². The third-order valence-electron chi connectivity index (χ3n) is 3.69. The van der Waals surface area contributed by atoms with Crippen LogP contribution in [0.2, 0.25) is 0 Å². The average molecular weight is 314 g/mol. The molecule has 4 aromatic rings. The molecule has 0 atom stereocenters. The van der Waals surface area contributed by atoms with Gasteiger partial charge in [-0.2, -0.15) is 0 Å². The summed E-state index contributed by atoms with van der Waals surface area (Å²) in [6.45, 7) is 0. The average Bonchev–Trinajstić information content (AvgIpc) is 3.12. The molecule has 2 aromatic carbocycles. The van der Waals surface area contributed by atoms with E-state index in [1.165, 1.54) is 9.40 Å². The van der Waals surface area contributed by atoms with E-state index < -0.39 is 0 Å². The fourth-order valence-corrected chi connectivity index (χ4v) is 5.17. The molecule has 0 fully saturated rings. The maximum atomic E-state index is 5.79. The minimum absolute atomic E-state index is 0.948. The molecule has 0 spiro atoms. The molecule has 0 unspecified atom stereocenters. The molecule has 0 amide bonds. The number of rotatable bonds is 1. The summed E-state index contributed by atoms with van der Waals surface area (Å²) in [7, 11) is 0. The van der Waals surface area contributed by atoms with E-state index >= 15 is 0 Å². The van der Waals surface area contributed by atoms with Crippen molar-refractivity contribution >= 4 is 42.8 Å². The van der Waals surface area contributed by atoms with E-state index in [0.717, 1.165) is 31.7 Å². The van der Waals surface area contributed by atoms with E-state index in [2.05, 4.69) is 36.1 Å². The van der Waals surface area contributed by atoms with Crippen molar-refractivity contribution in [3.63, 3.8) is 0 Å². The smallest absolute Gasteiger partial charge is 0.0624 e. The Bertz CT molecular complexity index is 1000. The third-order valence-corrected chi connectivity index (χ3v) is 6.19. The molecular weight excluding hydrogens is 304 g/mol. The van der Waals surface area contributed by atoms with Crippen molar-refractivity contribution in [3.8, 4) is 34.4 Å². The molecule has 102 valence electrons. The second-order valence-electron chi connectivity index (χ2n) is 4.89. The minimum atomic E-state index is 0.948. The van der Waals surface area contributed by atoms with Gasteiger partial charge in [0, 0.05) is 20.2 Å². The van der Waals surface area contributed by atoms with Gasteiger partial charge in [-0.15, -0.1) is 35.5 Å². The molecule has 0 saturated heterocycles. The molecule has 22 heavy (non-hydrogen) atoms. The van der Waals surface area contributed by atoms with Crippen LogP contribution in [-0.2, 0) is 0 Å². The van der Waals surface area contributed by atoms with Gasteiger partial charge in [0.1, 0.15) is 0 Å². The van der Waals surface area contributed by atoms with Gasteiger partial charge < -0.3 is 0 Å². The van der Waals surface area contributed by atoms with Crippen molar-refractivity contribution < 1.29 is 0 Å². The summed E-state index contributed by atoms with van der Waals surface area (Å²) >= 11 is 3.44. The van der Waals surface area contributed by atoms with Crippen LogP contribution in [0.1, 0.15) is 11.1 Å². The Labute approximate surface area is 137 Å². The summed E-state index contributed by atoms with van der Waals surface area (Å²) in [4.78, 5) is 2.22. The lowest BCUT2D eigenvalue weighted by molar-refractivity contribution is 1.79. The van der Waals surface area contributed by atoms with Crippen LogP contribution in [0.3, 0.4) is 0 Å². The van der Waals surface area contributed by atoms with Gasteiger partial charge in [-0.05, 0) is 12.1 Å². The number of hydrogen-bond acceptors (Lipinski definition) is 2. The summed E-state index contributed by atoms with van der Waals surface area (Å²) < 4.78 is 2.40. The van der Waals surface area contributed by atoms with Crippen LogP contribution in [0.5, 0.6) is 0 Å². The van der Waals surface area contributed by atoms with E-state index in [9.17, 15) is 0 Å². The maximum absolute atomic E-state index is 5.79. The van der Waals surface area contributed by atoms with Gasteiger partial charge in [0.25, 0.3) is 0 Å². The lowest BCUT2D eigenvalue weighted by atomic mass is 10.1. The predicted octanol–water partition coefficient (Wildman–Crippen LogP) is 5.75. The molecule has 2 heterocycles. The highest BCUT2D eigenvalue weighted by Gasteiger charge is 2.18. The van der Waals surface area contributed by atoms with Crippen LogP contribution in [0.15, 0.2) is 48.5 Å². The molecule has 2 aromatic heterocycles. The van der Waals surface area contributed by atoms with E-state index in [4.69, 9.17) is 12.8 Å². The Kier molecular flexibility index (Phi) is 3.01. The standard InChI is InChI=1S/C20H10S2/c1-3-13-15-9-5-7-11-17(15)21-19(13)20-14(4-2)16-10-6-8-12-18(16)22-20/h1-2,5-12H. The number of fused-ring (bicyclic) bond motifs is 2. The normalized spacial score (nSPS) is 10.6. The first kappa shape index (κ1) is 13.2. The zero-order chi connectivity index (χ0) is 15.1. The monoisotopic (exact) mass is 314 g/mol. The fraction of sp³-hybridized carbons (Fsp3) is 0. The Morgan fingerprint density at radius 1 is 0.636 bits per heavy atom. The molecule has 0 aliphatic rings. The van der Waals surface area contributed by atoms with Crippen LogP contribution >= 0.6 is 22.7 Å². The van der Waals surface area contributed by atoms with Crippen LogP contribution < -0.4 is 0 Å². The van der Waals surface area contributed by atoms with Crippen molar-refractivity contribution in [2.24, 2.45) is 0 Å². The fourth-order valence-electron chi connectivity index (χ4n) is 2.70. The van der Waals surface area contributed by atoms with Crippen LogP contribution in [0, 0.1) is 24.7 Å². The lowest BCUT2D eigenvalue weighted by Crippen LogP contribution is -1.78. The Morgan fingerprint density at radius 2 is 1.05 bits per heavy atom. The topological polar surface area (TPSA) is 0 Å². The first-order valence-corrected chi connectivity index (χ1v) is 8.43. The first-order valence-electron chi connectivity index (χ1n) is 6.80. The molecule has 0 aliphatic heterocycles. The van der Waals surface area contributed by atoms with Gasteiger partial charge in [0.2, 0.25) is 0 Å². The largest absolute Gasteiger partial charge is 0.133 e. The van der Waals surface area contributed by atoms with E-state index in [1.54, 1.807) is 22.7 Å². The van der Waals surface area contributed by atoms with Gasteiger partial charge in [0.05, 0.1) is 20.9 Å². The Morgan fingerprint density at radius 3 is 1.45 bits per heavy atom.